The highest BCUT2D eigenvalue weighted by molar-refractivity contribution is 9.09. The summed E-state index contributed by atoms with van der Waals surface area (Å²) in [4.78, 5) is 16.2. The molecule has 126 valence electrons. The number of carbonyl (C=O) groups is 1. The normalized spacial score (nSPS) is 11.5. The summed E-state index contributed by atoms with van der Waals surface area (Å²) in [5, 5.41) is 10.8. The number of nitrogens with zero attached hydrogens (tertiary/aromatic N) is 3. The number of halogens is 1. The van der Waals surface area contributed by atoms with E-state index in [1.54, 1.807) is 0 Å². The van der Waals surface area contributed by atoms with E-state index in [1.165, 1.54) is 11.3 Å². The van der Waals surface area contributed by atoms with Crippen molar-refractivity contribution in [2.45, 2.75) is 45.9 Å². The fraction of sp³-hybridized carbons (Fsp3) is 0.533. The Hall–Kier alpha value is -1.41. The zero-order valence-electron chi connectivity index (χ0n) is 13.5. The van der Waals surface area contributed by atoms with Gasteiger partial charge in [0.2, 0.25) is 0 Å². The van der Waals surface area contributed by atoms with Gasteiger partial charge in [0.05, 0.1) is 18.4 Å². The first-order valence-electron chi connectivity index (χ1n) is 7.37. The van der Waals surface area contributed by atoms with Gasteiger partial charge < -0.3 is 10.1 Å². The van der Waals surface area contributed by atoms with Gasteiger partial charge in [-0.25, -0.2) is 9.78 Å². The number of amides is 1. The van der Waals surface area contributed by atoms with Crippen LogP contribution in [-0.4, -0.2) is 31.8 Å². The van der Waals surface area contributed by atoms with Gasteiger partial charge in [0.25, 0.3) is 0 Å². The molecule has 0 unspecified atom stereocenters. The summed E-state index contributed by atoms with van der Waals surface area (Å²) in [5.74, 6) is 0. The molecule has 0 aliphatic rings. The van der Waals surface area contributed by atoms with Crippen molar-refractivity contribution in [3.05, 3.63) is 22.8 Å². The molecule has 1 amide bonds. The third-order valence-corrected chi connectivity index (χ3v) is 4.19. The molecule has 0 spiro atoms. The summed E-state index contributed by atoms with van der Waals surface area (Å²) in [6, 6.07) is 0. The Bertz CT molecular complexity index is 648. The number of nitrogens with one attached hydrogen (secondary N) is 1. The third-order valence-electron chi connectivity index (χ3n) is 2.78. The summed E-state index contributed by atoms with van der Waals surface area (Å²) < 4.78 is 7.11. The number of aryl methyl sites for hydroxylation is 1. The maximum absolute atomic E-state index is 11.6. The smallest absolute Gasteiger partial charge is 0.408 e. The molecule has 2 rings (SSSR count). The van der Waals surface area contributed by atoms with Crippen molar-refractivity contribution in [1.82, 2.24) is 20.1 Å². The van der Waals surface area contributed by atoms with Gasteiger partial charge >= 0.3 is 6.09 Å². The molecule has 2 aromatic rings. The Morgan fingerprint density at radius 1 is 1.48 bits per heavy atom. The summed E-state index contributed by atoms with van der Waals surface area (Å²) in [6.45, 7) is 6.74. The van der Waals surface area contributed by atoms with E-state index in [0.717, 1.165) is 34.6 Å². The Balaban J connectivity index is 1.90. The number of alkyl carbamates (subject to hydrolysis) is 1. The van der Waals surface area contributed by atoms with Gasteiger partial charge in [0.1, 0.15) is 10.6 Å². The summed E-state index contributed by atoms with van der Waals surface area (Å²) in [6.07, 6.45) is 4.40. The number of hydrogen-bond donors (Lipinski definition) is 1. The molecule has 8 heteroatoms. The quantitative estimate of drug-likeness (QED) is 0.748. The molecule has 0 fully saturated rings. The molecule has 0 saturated heterocycles. The molecular weight excluding hydrogens is 380 g/mol. The molecule has 6 nitrogen and oxygen atoms in total. The predicted molar refractivity (Wildman–Crippen MR) is 94.8 cm³/mol. The van der Waals surface area contributed by atoms with Gasteiger partial charge in [0, 0.05) is 29.0 Å². The predicted octanol–water partition coefficient (Wildman–Crippen LogP) is 3.82. The van der Waals surface area contributed by atoms with Crippen LogP contribution in [0.1, 0.15) is 32.2 Å². The summed E-state index contributed by atoms with van der Waals surface area (Å²) >= 11 is 4.92. The van der Waals surface area contributed by atoms with E-state index in [4.69, 9.17) is 4.74 Å². The average molecular weight is 401 g/mol. The molecule has 0 aromatic carbocycles. The van der Waals surface area contributed by atoms with Crippen LogP contribution in [-0.2, 0) is 17.8 Å². The van der Waals surface area contributed by atoms with Crippen LogP contribution in [0.3, 0.4) is 0 Å². The molecule has 23 heavy (non-hydrogen) atoms. The molecule has 0 atom stereocenters. The SMILES string of the molecule is CC(C)(C)OC(=O)NCc1nc(-c2cnn(CCCBr)c2)cs1. The van der Waals surface area contributed by atoms with Crippen molar-refractivity contribution in [2.24, 2.45) is 0 Å². The Labute approximate surface area is 148 Å². The molecule has 0 aliphatic heterocycles. The highest BCUT2D eigenvalue weighted by Gasteiger charge is 2.16. The second-order valence-corrected chi connectivity index (χ2v) is 7.75. The van der Waals surface area contributed by atoms with Crippen molar-refractivity contribution in [2.75, 3.05) is 5.33 Å². The molecule has 0 bridgehead atoms. The fourth-order valence-electron chi connectivity index (χ4n) is 1.83. The summed E-state index contributed by atoms with van der Waals surface area (Å²) in [7, 11) is 0. The minimum Gasteiger partial charge on any atom is -0.444 e. The first-order valence-corrected chi connectivity index (χ1v) is 9.37. The van der Waals surface area contributed by atoms with Crippen LogP contribution in [0.4, 0.5) is 4.79 Å². The molecule has 1 N–H and O–H groups in total. The molecule has 2 heterocycles. The zero-order valence-corrected chi connectivity index (χ0v) is 15.9. The van der Waals surface area contributed by atoms with E-state index in [0.29, 0.717) is 6.54 Å². The van der Waals surface area contributed by atoms with Gasteiger partial charge in [-0.05, 0) is 27.2 Å². The lowest BCUT2D eigenvalue weighted by molar-refractivity contribution is 0.0523. The topological polar surface area (TPSA) is 69.0 Å². The van der Waals surface area contributed by atoms with Crippen LogP contribution in [0.2, 0.25) is 0 Å². The maximum Gasteiger partial charge on any atom is 0.408 e. The van der Waals surface area contributed by atoms with Gasteiger partial charge in [-0.15, -0.1) is 11.3 Å². The lowest BCUT2D eigenvalue weighted by Crippen LogP contribution is -2.32. The largest absolute Gasteiger partial charge is 0.444 e. The second kappa shape index (κ2) is 7.92. The van der Waals surface area contributed by atoms with Crippen molar-refractivity contribution in [3.8, 4) is 11.3 Å². The lowest BCUT2D eigenvalue weighted by atomic mass is 10.2. The van der Waals surface area contributed by atoms with Crippen LogP contribution in [0.5, 0.6) is 0 Å². The van der Waals surface area contributed by atoms with E-state index in [1.807, 2.05) is 43.2 Å². The van der Waals surface area contributed by atoms with E-state index in [9.17, 15) is 4.79 Å². The van der Waals surface area contributed by atoms with E-state index in [-0.39, 0.29) is 0 Å². The molecule has 2 aromatic heterocycles. The number of thiazole rings is 1. The Morgan fingerprint density at radius 3 is 2.96 bits per heavy atom. The first kappa shape index (κ1) is 17.9. The summed E-state index contributed by atoms with van der Waals surface area (Å²) in [5.41, 5.74) is 1.36. The van der Waals surface area contributed by atoms with Crippen molar-refractivity contribution in [3.63, 3.8) is 0 Å². The zero-order chi connectivity index (χ0) is 16.9. The molecule has 0 aliphatic carbocycles. The minimum absolute atomic E-state index is 0.358. The molecular formula is C15H21BrN4O2S. The number of ether oxygens (including phenoxy) is 1. The van der Waals surface area contributed by atoms with Crippen LogP contribution < -0.4 is 5.32 Å². The average Bonchev–Trinajstić information content (AvgIpc) is 3.10. The second-order valence-electron chi connectivity index (χ2n) is 6.02. The lowest BCUT2D eigenvalue weighted by Gasteiger charge is -2.19. The van der Waals surface area contributed by atoms with E-state index < -0.39 is 11.7 Å². The Morgan fingerprint density at radius 2 is 2.26 bits per heavy atom. The highest BCUT2D eigenvalue weighted by atomic mass is 79.9. The molecule has 0 radical (unpaired) electrons. The fourth-order valence-corrected chi connectivity index (χ4v) is 2.82. The number of aromatic nitrogens is 3. The number of rotatable bonds is 6. The third kappa shape index (κ3) is 5.95. The number of hydrogen-bond acceptors (Lipinski definition) is 5. The van der Waals surface area contributed by atoms with Crippen LogP contribution in [0.15, 0.2) is 17.8 Å². The van der Waals surface area contributed by atoms with Gasteiger partial charge in [-0.2, -0.15) is 5.10 Å². The van der Waals surface area contributed by atoms with Crippen LogP contribution in [0, 0.1) is 0 Å². The number of carbonyl (C=O) groups excluding carboxylic acids is 1. The minimum atomic E-state index is -0.498. The Kier molecular flexibility index (Phi) is 6.17. The monoisotopic (exact) mass is 400 g/mol. The van der Waals surface area contributed by atoms with E-state index >= 15 is 0 Å². The van der Waals surface area contributed by atoms with Gasteiger partial charge in [0.15, 0.2) is 0 Å². The first-order chi connectivity index (χ1) is 10.9. The van der Waals surface area contributed by atoms with Gasteiger partial charge in [-0.1, -0.05) is 15.9 Å². The van der Waals surface area contributed by atoms with Crippen molar-refractivity contribution < 1.29 is 9.53 Å². The van der Waals surface area contributed by atoms with Crippen LogP contribution in [0.25, 0.3) is 11.3 Å². The van der Waals surface area contributed by atoms with E-state index in [2.05, 4.69) is 31.3 Å². The van der Waals surface area contributed by atoms with Crippen molar-refractivity contribution in [1.29, 1.82) is 0 Å². The highest BCUT2D eigenvalue weighted by Crippen LogP contribution is 2.21. The maximum atomic E-state index is 11.6. The standard InChI is InChI=1S/C15H21BrN4O2S/c1-15(2,3)22-14(21)17-8-13-19-12(10-23-13)11-7-18-20(9-11)6-4-5-16/h7,9-10H,4-6,8H2,1-3H3,(H,17,21). The number of alkyl halides is 1. The van der Waals surface area contributed by atoms with Crippen molar-refractivity contribution >= 4 is 33.4 Å². The van der Waals surface area contributed by atoms with Crippen LogP contribution >= 0.6 is 27.3 Å². The van der Waals surface area contributed by atoms with Gasteiger partial charge in [-0.3, -0.25) is 4.68 Å². The molecule has 0 saturated carbocycles.